The van der Waals surface area contributed by atoms with Gasteiger partial charge in [0.2, 0.25) is 0 Å². The van der Waals surface area contributed by atoms with Crippen LogP contribution >= 0.6 is 11.6 Å². The van der Waals surface area contributed by atoms with Gasteiger partial charge in [-0.25, -0.2) is 4.39 Å². The maximum Gasteiger partial charge on any atom is 0.146 e. The molecule has 96 valence electrons. The van der Waals surface area contributed by atoms with E-state index in [-0.39, 0.29) is 22.9 Å². The molecule has 0 bridgehead atoms. The van der Waals surface area contributed by atoms with Gasteiger partial charge in [-0.3, -0.25) is 0 Å². The molecule has 0 aliphatic heterocycles. The molecule has 0 aliphatic carbocycles. The number of hydrogen-bond donors (Lipinski definition) is 2. The van der Waals surface area contributed by atoms with Crippen LogP contribution in [0.4, 0.5) is 4.39 Å². The van der Waals surface area contributed by atoms with E-state index >= 15 is 0 Å². The van der Waals surface area contributed by atoms with Crippen LogP contribution in [-0.4, -0.2) is 18.3 Å². The van der Waals surface area contributed by atoms with Crippen LogP contribution in [0.25, 0.3) is 0 Å². The summed E-state index contributed by atoms with van der Waals surface area (Å²) in [5.74, 6) is -0.360. The molecule has 4 heteroatoms. The number of nitrogens with one attached hydrogen (secondary N) is 1. The first-order valence-corrected chi connectivity index (χ1v) is 6.08. The van der Waals surface area contributed by atoms with Crippen LogP contribution < -0.4 is 5.32 Å². The van der Waals surface area contributed by atoms with Crippen molar-refractivity contribution in [3.63, 3.8) is 0 Å². The molecule has 0 radical (unpaired) electrons. The van der Waals surface area contributed by atoms with Gasteiger partial charge in [-0.1, -0.05) is 37.6 Å². The standard InChI is InChI=1S/C13H19ClFNO/c1-13(2,6-7-17)9-16-8-10-4-3-5-11(14)12(10)15/h3-5,16-17H,6-9H2,1-2H3. The number of benzene rings is 1. The third-order valence-corrected chi connectivity index (χ3v) is 3.03. The second-order valence-electron chi connectivity index (χ2n) is 4.95. The summed E-state index contributed by atoms with van der Waals surface area (Å²) in [7, 11) is 0. The van der Waals surface area contributed by atoms with Crippen LogP contribution in [0.2, 0.25) is 5.02 Å². The SMILES string of the molecule is CC(C)(CCO)CNCc1cccc(Cl)c1F. The largest absolute Gasteiger partial charge is 0.396 e. The second-order valence-corrected chi connectivity index (χ2v) is 5.36. The van der Waals surface area contributed by atoms with Gasteiger partial charge >= 0.3 is 0 Å². The van der Waals surface area contributed by atoms with Crippen LogP contribution in [-0.2, 0) is 6.54 Å². The Balaban J connectivity index is 2.49. The van der Waals surface area contributed by atoms with Crippen molar-refractivity contribution in [1.82, 2.24) is 5.32 Å². The lowest BCUT2D eigenvalue weighted by Crippen LogP contribution is -2.30. The van der Waals surface area contributed by atoms with Crippen molar-refractivity contribution in [2.75, 3.05) is 13.2 Å². The first-order valence-electron chi connectivity index (χ1n) is 5.71. The van der Waals surface area contributed by atoms with E-state index in [1.807, 2.05) is 0 Å². The van der Waals surface area contributed by atoms with Crippen LogP contribution in [0.1, 0.15) is 25.8 Å². The summed E-state index contributed by atoms with van der Waals surface area (Å²) in [6.07, 6.45) is 0.720. The van der Waals surface area contributed by atoms with Crippen molar-refractivity contribution in [3.05, 3.63) is 34.6 Å². The molecule has 0 aliphatic rings. The Kier molecular flexibility index (Phi) is 5.37. The van der Waals surface area contributed by atoms with E-state index < -0.39 is 0 Å². The van der Waals surface area contributed by atoms with Gasteiger partial charge in [0.05, 0.1) is 5.02 Å². The lowest BCUT2D eigenvalue weighted by atomic mass is 9.90. The Morgan fingerprint density at radius 3 is 2.76 bits per heavy atom. The highest BCUT2D eigenvalue weighted by atomic mass is 35.5. The number of aliphatic hydroxyl groups is 1. The van der Waals surface area contributed by atoms with Crippen molar-refractivity contribution in [1.29, 1.82) is 0 Å². The first kappa shape index (κ1) is 14.4. The summed E-state index contributed by atoms with van der Waals surface area (Å²) in [6, 6.07) is 4.99. The monoisotopic (exact) mass is 259 g/mol. The van der Waals surface area contributed by atoms with E-state index in [1.54, 1.807) is 12.1 Å². The van der Waals surface area contributed by atoms with Gasteiger partial charge < -0.3 is 10.4 Å². The van der Waals surface area contributed by atoms with Gasteiger partial charge in [0, 0.05) is 25.3 Å². The highest BCUT2D eigenvalue weighted by Crippen LogP contribution is 2.20. The Hall–Kier alpha value is -0.640. The van der Waals surface area contributed by atoms with E-state index in [0.717, 1.165) is 13.0 Å². The molecule has 0 aromatic heterocycles. The summed E-state index contributed by atoms with van der Waals surface area (Å²) >= 11 is 5.70. The highest BCUT2D eigenvalue weighted by Gasteiger charge is 2.16. The molecule has 2 nitrogen and oxygen atoms in total. The van der Waals surface area contributed by atoms with E-state index in [9.17, 15) is 4.39 Å². The lowest BCUT2D eigenvalue weighted by molar-refractivity contribution is 0.207. The van der Waals surface area contributed by atoms with E-state index in [0.29, 0.717) is 12.1 Å². The smallest absolute Gasteiger partial charge is 0.146 e. The minimum absolute atomic E-state index is 0.00377. The molecule has 1 aromatic rings. The molecule has 0 fully saturated rings. The first-order chi connectivity index (χ1) is 7.96. The van der Waals surface area contributed by atoms with Crippen molar-refractivity contribution < 1.29 is 9.50 Å². The maximum absolute atomic E-state index is 13.6. The second kappa shape index (κ2) is 6.34. The molecule has 0 unspecified atom stereocenters. The number of halogens is 2. The molecule has 1 rings (SSSR count). The van der Waals surface area contributed by atoms with Gasteiger partial charge in [-0.15, -0.1) is 0 Å². The molecule has 2 N–H and O–H groups in total. The van der Waals surface area contributed by atoms with Crippen molar-refractivity contribution in [2.45, 2.75) is 26.8 Å². The molecule has 0 atom stereocenters. The molecule has 0 heterocycles. The fraction of sp³-hybridized carbons (Fsp3) is 0.538. The predicted octanol–water partition coefficient (Wildman–Crippen LogP) is 2.98. The molecule has 0 amide bonds. The third kappa shape index (κ3) is 4.62. The average molecular weight is 260 g/mol. The fourth-order valence-electron chi connectivity index (χ4n) is 1.61. The zero-order valence-electron chi connectivity index (χ0n) is 10.3. The molecule has 17 heavy (non-hydrogen) atoms. The normalized spacial score (nSPS) is 11.8. The number of rotatable bonds is 6. The number of hydrogen-bond acceptors (Lipinski definition) is 2. The molecule has 1 aromatic carbocycles. The maximum atomic E-state index is 13.6. The Labute approximate surface area is 107 Å². The van der Waals surface area contributed by atoms with E-state index in [2.05, 4.69) is 19.2 Å². The molecular weight excluding hydrogens is 241 g/mol. The predicted molar refractivity (Wildman–Crippen MR) is 68.6 cm³/mol. The minimum atomic E-state index is -0.360. The van der Waals surface area contributed by atoms with Gasteiger partial charge in [-0.2, -0.15) is 0 Å². The Morgan fingerprint density at radius 1 is 1.41 bits per heavy atom. The zero-order valence-corrected chi connectivity index (χ0v) is 11.0. The van der Waals surface area contributed by atoms with Crippen molar-refractivity contribution >= 4 is 11.6 Å². The van der Waals surface area contributed by atoms with Crippen LogP contribution in [0.5, 0.6) is 0 Å². The summed E-state index contributed by atoms with van der Waals surface area (Å²) in [5, 5.41) is 12.2. The topological polar surface area (TPSA) is 32.3 Å². The summed E-state index contributed by atoms with van der Waals surface area (Å²) in [6.45, 7) is 5.45. The van der Waals surface area contributed by atoms with E-state index in [1.165, 1.54) is 6.07 Å². The molecule has 0 spiro atoms. The highest BCUT2D eigenvalue weighted by molar-refractivity contribution is 6.30. The lowest BCUT2D eigenvalue weighted by Gasteiger charge is -2.24. The zero-order chi connectivity index (χ0) is 12.9. The van der Waals surface area contributed by atoms with Crippen molar-refractivity contribution in [3.8, 4) is 0 Å². The Morgan fingerprint density at radius 2 is 2.12 bits per heavy atom. The van der Waals surface area contributed by atoms with Gasteiger partial charge in [0.15, 0.2) is 0 Å². The minimum Gasteiger partial charge on any atom is -0.396 e. The molecular formula is C13H19ClFNO. The summed E-state index contributed by atoms with van der Waals surface area (Å²) in [5.41, 5.74) is 0.571. The summed E-state index contributed by atoms with van der Waals surface area (Å²) < 4.78 is 13.6. The Bertz CT molecular complexity index is 368. The van der Waals surface area contributed by atoms with Gasteiger partial charge in [0.1, 0.15) is 5.82 Å². The van der Waals surface area contributed by atoms with Crippen LogP contribution in [0.15, 0.2) is 18.2 Å². The van der Waals surface area contributed by atoms with Crippen LogP contribution in [0.3, 0.4) is 0 Å². The third-order valence-electron chi connectivity index (χ3n) is 2.74. The van der Waals surface area contributed by atoms with Gasteiger partial charge in [-0.05, 0) is 17.9 Å². The quantitative estimate of drug-likeness (QED) is 0.823. The number of aliphatic hydroxyl groups excluding tert-OH is 1. The van der Waals surface area contributed by atoms with Crippen molar-refractivity contribution in [2.24, 2.45) is 5.41 Å². The molecule has 0 saturated carbocycles. The van der Waals surface area contributed by atoms with Crippen LogP contribution in [0, 0.1) is 11.2 Å². The summed E-state index contributed by atoms with van der Waals surface area (Å²) in [4.78, 5) is 0. The van der Waals surface area contributed by atoms with Gasteiger partial charge in [0.25, 0.3) is 0 Å². The average Bonchev–Trinajstić information content (AvgIpc) is 2.24. The van der Waals surface area contributed by atoms with E-state index in [4.69, 9.17) is 16.7 Å². The fourth-order valence-corrected chi connectivity index (χ4v) is 1.81. The molecule has 0 saturated heterocycles.